The fourth-order valence-electron chi connectivity index (χ4n) is 2.98. The maximum absolute atomic E-state index is 6.43. The standard InChI is InChI=1S/C14H28N2/c1-5-6-7-13(15)14(16(3)4)10-8-12(2)9-11-14/h5,12-13H,1,6-11,15H2,2-4H3. The van der Waals surface area contributed by atoms with Crippen molar-refractivity contribution in [1.29, 1.82) is 0 Å². The maximum atomic E-state index is 6.43. The van der Waals surface area contributed by atoms with Crippen LogP contribution in [0.15, 0.2) is 12.7 Å². The average molecular weight is 224 g/mol. The minimum atomic E-state index is 0.232. The molecule has 0 aromatic rings. The fourth-order valence-corrected chi connectivity index (χ4v) is 2.98. The van der Waals surface area contributed by atoms with Gasteiger partial charge in [-0.15, -0.1) is 6.58 Å². The molecule has 0 spiro atoms. The van der Waals surface area contributed by atoms with Crippen molar-refractivity contribution in [3.63, 3.8) is 0 Å². The molecule has 1 rings (SSSR count). The van der Waals surface area contributed by atoms with Crippen LogP contribution in [0.3, 0.4) is 0 Å². The van der Waals surface area contributed by atoms with Crippen LogP contribution in [0.5, 0.6) is 0 Å². The predicted molar refractivity (Wildman–Crippen MR) is 71.5 cm³/mol. The molecule has 1 aliphatic carbocycles. The Balaban J connectivity index is 2.68. The number of nitrogens with zero attached hydrogens (tertiary/aromatic N) is 1. The highest BCUT2D eigenvalue weighted by Crippen LogP contribution is 2.38. The lowest BCUT2D eigenvalue weighted by Gasteiger charge is -2.48. The highest BCUT2D eigenvalue weighted by atomic mass is 15.2. The Kier molecular flexibility index (Phi) is 5.00. The Bertz CT molecular complexity index is 215. The van der Waals surface area contributed by atoms with Gasteiger partial charge in [0.2, 0.25) is 0 Å². The predicted octanol–water partition coefficient (Wildman–Crippen LogP) is 2.79. The zero-order valence-corrected chi connectivity index (χ0v) is 11.2. The van der Waals surface area contributed by atoms with Gasteiger partial charge in [-0.3, -0.25) is 0 Å². The summed E-state index contributed by atoms with van der Waals surface area (Å²) in [5, 5.41) is 0. The summed E-state index contributed by atoms with van der Waals surface area (Å²) in [6, 6.07) is 0.285. The summed E-state index contributed by atoms with van der Waals surface area (Å²) in [5.41, 5.74) is 6.66. The highest BCUT2D eigenvalue weighted by molar-refractivity contribution is 5.00. The molecular formula is C14H28N2. The summed E-state index contributed by atoms with van der Waals surface area (Å²) >= 11 is 0. The zero-order chi connectivity index (χ0) is 12.2. The van der Waals surface area contributed by atoms with Crippen molar-refractivity contribution in [2.75, 3.05) is 14.1 Å². The second-order valence-electron chi connectivity index (χ2n) is 5.65. The van der Waals surface area contributed by atoms with E-state index in [1.165, 1.54) is 25.7 Å². The highest BCUT2D eigenvalue weighted by Gasteiger charge is 2.40. The summed E-state index contributed by atoms with van der Waals surface area (Å²) < 4.78 is 0. The lowest BCUT2D eigenvalue weighted by Crippen LogP contribution is -2.58. The van der Waals surface area contributed by atoms with E-state index in [9.17, 15) is 0 Å². The second-order valence-corrected chi connectivity index (χ2v) is 5.65. The number of hydrogen-bond acceptors (Lipinski definition) is 2. The van der Waals surface area contributed by atoms with Crippen LogP contribution >= 0.6 is 0 Å². The summed E-state index contributed by atoms with van der Waals surface area (Å²) in [7, 11) is 4.37. The van der Waals surface area contributed by atoms with Crippen LogP contribution in [0.4, 0.5) is 0 Å². The van der Waals surface area contributed by atoms with Crippen LogP contribution in [-0.2, 0) is 0 Å². The second kappa shape index (κ2) is 5.83. The first kappa shape index (κ1) is 13.7. The van der Waals surface area contributed by atoms with Gasteiger partial charge in [0.25, 0.3) is 0 Å². The Morgan fingerprint density at radius 2 is 2.00 bits per heavy atom. The van der Waals surface area contributed by atoms with Gasteiger partial charge in [0.1, 0.15) is 0 Å². The summed E-state index contributed by atoms with van der Waals surface area (Å²) in [5.74, 6) is 0.875. The van der Waals surface area contributed by atoms with E-state index in [1.54, 1.807) is 0 Å². The number of hydrogen-bond donors (Lipinski definition) is 1. The van der Waals surface area contributed by atoms with E-state index in [-0.39, 0.29) is 11.6 Å². The van der Waals surface area contributed by atoms with Gasteiger partial charge in [-0.05, 0) is 58.5 Å². The smallest absolute Gasteiger partial charge is 0.0354 e. The van der Waals surface area contributed by atoms with Gasteiger partial charge in [0.15, 0.2) is 0 Å². The largest absolute Gasteiger partial charge is 0.326 e. The Hall–Kier alpha value is -0.340. The number of rotatable bonds is 5. The molecular weight excluding hydrogens is 196 g/mol. The molecule has 0 bridgehead atoms. The third-order valence-electron chi connectivity index (χ3n) is 4.40. The van der Waals surface area contributed by atoms with E-state index in [0.29, 0.717) is 0 Å². The van der Waals surface area contributed by atoms with Gasteiger partial charge < -0.3 is 10.6 Å². The SMILES string of the molecule is C=CCCC(N)C1(N(C)C)CCC(C)CC1. The molecule has 0 amide bonds. The van der Waals surface area contributed by atoms with Crippen LogP contribution in [0.2, 0.25) is 0 Å². The molecule has 16 heavy (non-hydrogen) atoms. The van der Waals surface area contributed by atoms with Crippen LogP contribution in [-0.4, -0.2) is 30.6 Å². The van der Waals surface area contributed by atoms with Gasteiger partial charge in [-0.1, -0.05) is 13.0 Å². The molecule has 1 aliphatic rings. The molecule has 0 saturated heterocycles. The molecule has 1 unspecified atom stereocenters. The molecule has 2 nitrogen and oxygen atoms in total. The van der Waals surface area contributed by atoms with Gasteiger partial charge >= 0.3 is 0 Å². The quantitative estimate of drug-likeness (QED) is 0.728. The van der Waals surface area contributed by atoms with E-state index in [0.717, 1.165) is 18.8 Å². The van der Waals surface area contributed by atoms with Crippen LogP contribution < -0.4 is 5.73 Å². The van der Waals surface area contributed by atoms with Gasteiger partial charge in [-0.25, -0.2) is 0 Å². The molecule has 2 heteroatoms. The van der Waals surface area contributed by atoms with Gasteiger partial charge in [0.05, 0.1) is 0 Å². The Labute approximate surface area is 101 Å². The lowest BCUT2D eigenvalue weighted by molar-refractivity contribution is 0.0543. The molecule has 1 saturated carbocycles. The third kappa shape index (κ3) is 2.86. The molecule has 0 aliphatic heterocycles. The molecule has 94 valence electrons. The summed E-state index contributed by atoms with van der Waals surface area (Å²) in [6.45, 7) is 6.14. The minimum Gasteiger partial charge on any atom is -0.326 e. The first-order valence-electron chi connectivity index (χ1n) is 6.57. The molecule has 1 fully saturated rings. The Morgan fingerprint density at radius 1 is 1.44 bits per heavy atom. The first-order chi connectivity index (χ1) is 7.53. The van der Waals surface area contributed by atoms with Crippen molar-refractivity contribution in [2.24, 2.45) is 11.7 Å². The topological polar surface area (TPSA) is 29.3 Å². The van der Waals surface area contributed by atoms with Crippen molar-refractivity contribution in [1.82, 2.24) is 4.90 Å². The van der Waals surface area contributed by atoms with Crippen molar-refractivity contribution < 1.29 is 0 Å². The Morgan fingerprint density at radius 3 is 2.44 bits per heavy atom. The van der Waals surface area contributed by atoms with Crippen LogP contribution in [0.1, 0.15) is 45.4 Å². The number of allylic oxidation sites excluding steroid dienone is 1. The molecule has 0 aromatic carbocycles. The monoisotopic (exact) mass is 224 g/mol. The van der Waals surface area contributed by atoms with Crippen LogP contribution in [0.25, 0.3) is 0 Å². The average Bonchev–Trinajstić information content (AvgIpc) is 2.26. The number of likely N-dealkylation sites (N-methyl/N-ethyl adjacent to an activating group) is 1. The summed E-state index contributed by atoms with van der Waals surface area (Å²) in [4.78, 5) is 2.37. The number of nitrogens with two attached hydrogens (primary N) is 1. The zero-order valence-electron chi connectivity index (χ0n) is 11.2. The van der Waals surface area contributed by atoms with Crippen molar-refractivity contribution >= 4 is 0 Å². The normalized spacial score (nSPS) is 32.7. The van der Waals surface area contributed by atoms with E-state index < -0.39 is 0 Å². The molecule has 2 N–H and O–H groups in total. The van der Waals surface area contributed by atoms with E-state index in [4.69, 9.17) is 5.73 Å². The van der Waals surface area contributed by atoms with Crippen molar-refractivity contribution in [3.8, 4) is 0 Å². The van der Waals surface area contributed by atoms with Crippen molar-refractivity contribution in [2.45, 2.75) is 57.0 Å². The summed E-state index contributed by atoms with van der Waals surface area (Å²) in [6.07, 6.45) is 9.22. The maximum Gasteiger partial charge on any atom is 0.0354 e. The van der Waals surface area contributed by atoms with E-state index in [2.05, 4.69) is 32.5 Å². The van der Waals surface area contributed by atoms with E-state index >= 15 is 0 Å². The third-order valence-corrected chi connectivity index (χ3v) is 4.40. The molecule has 1 atom stereocenters. The van der Waals surface area contributed by atoms with Crippen molar-refractivity contribution in [3.05, 3.63) is 12.7 Å². The lowest BCUT2D eigenvalue weighted by atomic mass is 9.71. The molecule has 0 heterocycles. The fraction of sp³-hybridized carbons (Fsp3) is 0.857. The molecule has 0 radical (unpaired) electrons. The van der Waals surface area contributed by atoms with Crippen LogP contribution in [0, 0.1) is 5.92 Å². The first-order valence-corrected chi connectivity index (χ1v) is 6.57. The molecule has 0 aromatic heterocycles. The minimum absolute atomic E-state index is 0.232. The van der Waals surface area contributed by atoms with Gasteiger partial charge in [0, 0.05) is 11.6 Å². The van der Waals surface area contributed by atoms with E-state index in [1.807, 2.05) is 6.08 Å². The van der Waals surface area contributed by atoms with Gasteiger partial charge in [-0.2, -0.15) is 0 Å².